The van der Waals surface area contributed by atoms with Gasteiger partial charge in [-0.2, -0.15) is 0 Å². The summed E-state index contributed by atoms with van der Waals surface area (Å²) in [5.41, 5.74) is -2.09. The Bertz CT molecular complexity index is 1060. The zero-order chi connectivity index (χ0) is 26.8. The molecule has 196 valence electrons. The van der Waals surface area contributed by atoms with Gasteiger partial charge in [-0.25, -0.2) is 14.4 Å². The van der Waals surface area contributed by atoms with E-state index in [1.807, 2.05) is 0 Å². The summed E-state index contributed by atoms with van der Waals surface area (Å²) in [4.78, 5) is 62.7. The Morgan fingerprint density at radius 1 is 1.22 bits per heavy atom. The number of nitrogens with zero attached hydrogens (tertiary/aromatic N) is 2. The molecule has 4 atom stereocenters. The third-order valence-corrected chi connectivity index (χ3v) is 7.15. The van der Waals surface area contributed by atoms with Gasteiger partial charge in [0.2, 0.25) is 5.91 Å². The van der Waals surface area contributed by atoms with Crippen LogP contribution in [0.25, 0.3) is 0 Å². The van der Waals surface area contributed by atoms with Crippen LogP contribution in [0.3, 0.4) is 0 Å². The molecule has 36 heavy (non-hydrogen) atoms. The van der Waals surface area contributed by atoms with Crippen LogP contribution in [0.5, 0.6) is 0 Å². The number of nitro groups is 1. The summed E-state index contributed by atoms with van der Waals surface area (Å²) < 4.78 is 15.9. The van der Waals surface area contributed by atoms with E-state index in [9.17, 15) is 29.3 Å². The Balaban J connectivity index is 1.76. The first-order valence-electron chi connectivity index (χ1n) is 11.4. The van der Waals surface area contributed by atoms with Crippen LogP contribution < -0.4 is 5.32 Å². The van der Waals surface area contributed by atoms with Crippen LogP contribution in [0.15, 0.2) is 24.3 Å². The van der Waals surface area contributed by atoms with E-state index in [2.05, 4.69) is 27.9 Å². The SMILES string of the molecule is CCOC(=O)[C@@]1(NC(=O)[C@@H]2C[C@H](OC(=O)c3ccc([N+](=O)[O-])cc3)CN2C(=O)OC(C)(C)C)C[C@H]1I. The van der Waals surface area contributed by atoms with Crippen molar-refractivity contribution >= 4 is 52.2 Å². The summed E-state index contributed by atoms with van der Waals surface area (Å²) in [7, 11) is 0. The lowest BCUT2D eigenvalue weighted by molar-refractivity contribution is -0.384. The zero-order valence-corrected chi connectivity index (χ0v) is 22.5. The molecule has 3 rings (SSSR count). The van der Waals surface area contributed by atoms with E-state index in [0.717, 1.165) is 0 Å². The van der Waals surface area contributed by atoms with Gasteiger partial charge in [-0.15, -0.1) is 0 Å². The number of hydrogen-bond donors (Lipinski definition) is 1. The number of carbonyl (C=O) groups excluding carboxylic acids is 4. The number of nitro benzene ring substituents is 1. The first-order chi connectivity index (χ1) is 16.8. The minimum atomic E-state index is -1.17. The number of non-ortho nitro benzene ring substituents is 1. The van der Waals surface area contributed by atoms with E-state index in [4.69, 9.17) is 14.2 Å². The maximum Gasteiger partial charge on any atom is 0.411 e. The van der Waals surface area contributed by atoms with Gasteiger partial charge >= 0.3 is 18.0 Å². The molecule has 0 bridgehead atoms. The van der Waals surface area contributed by atoms with Gasteiger partial charge in [-0.3, -0.25) is 19.8 Å². The summed E-state index contributed by atoms with van der Waals surface area (Å²) in [6.45, 7) is 6.77. The van der Waals surface area contributed by atoms with Gasteiger partial charge < -0.3 is 19.5 Å². The maximum atomic E-state index is 13.3. The topological polar surface area (TPSA) is 154 Å². The van der Waals surface area contributed by atoms with Crippen molar-refractivity contribution in [3.05, 3.63) is 39.9 Å². The number of rotatable bonds is 7. The summed E-state index contributed by atoms with van der Waals surface area (Å²) in [6.07, 6.45) is -1.22. The molecule has 1 aliphatic heterocycles. The Kier molecular flexibility index (Phi) is 8.10. The second-order valence-electron chi connectivity index (χ2n) is 9.57. The highest BCUT2D eigenvalue weighted by Crippen LogP contribution is 2.44. The van der Waals surface area contributed by atoms with Crippen molar-refractivity contribution in [1.82, 2.24) is 10.2 Å². The van der Waals surface area contributed by atoms with E-state index in [-0.39, 0.29) is 34.7 Å². The summed E-state index contributed by atoms with van der Waals surface area (Å²) in [5, 5.41) is 13.6. The third kappa shape index (κ3) is 6.23. The average Bonchev–Trinajstić information content (AvgIpc) is 3.24. The molecule has 2 fully saturated rings. The van der Waals surface area contributed by atoms with E-state index < -0.39 is 52.1 Å². The van der Waals surface area contributed by atoms with Crippen LogP contribution >= 0.6 is 22.6 Å². The molecule has 1 saturated heterocycles. The number of likely N-dealkylation sites (tertiary alicyclic amines) is 1. The van der Waals surface area contributed by atoms with Gasteiger partial charge in [-0.05, 0) is 46.2 Å². The normalized spacial score (nSPS) is 25.0. The van der Waals surface area contributed by atoms with Crippen molar-refractivity contribution in [2.45, 2.75) is 67.7 Å². The van der Waals surface area contributed by atoms with Crippen LogP contribution in [0.4, 0.5) is 10.5 Å². The van der Waals surface area contributed by atoms with Gasteiger partial charge in [0.15, 0.2) is 5.54 Å². The Morgan fingerprint density at radius 2 is 1.83 bits per heavy atom. The van der Waals surface area contributed by atoms with Crippen molar-refractivity contribution in [3.63, 3.8) is 0 Å². The van der Waals surface area contributed by atoms with Crippen molar-refractivity contribution in [2.75, 3.05) is 13.2 Å². The van der Waals surface area contributed by atoms with Crippen molar-refractivity contribution < 1.29 is 38.3 Å². The molecule has 1 heterocycles. The lowest BCUT2D eigenvalue weighted by atomic mass is 10.1. The lowest BCUT2D eigenvalue weighted by Crippen LogP contribution is -2.54. The predicted octanol–water partition coefficient (Wildman–Crippen LogP) is 2.76. The summed E-state index contributed by atoms with van der Waals surface area (Å²) in [5.74, 6) is -1.87. The molecular formula is C23H28IN3O9. The molecule has 0 unspecified atom stereocenters. The van der Waals surface area contributed by atoms with Gasteiger partial charge in [-0.1, -0.05) is 22.6 Å². The van der Waals surface area contributed by atoms with Crippen molar-refractivity contribution in [2.24, 2.45) is 0 Å². The lowest BCUT2D eigenvalue weighted by Gasteiger charge is -2.28. The molecule has 0 spiro atoms. The molecule has 1 N–H and O–H groups in total. The quantitative estimate of drug-likeness (QED) is 0.122. The van der Waals surface area contributed by atoms with E-state index in [0.29, 0.717) is 6.42 Å². The molecule has 13 heteroatoms. The fourth-order valence-electron chi connectivity index (χ4n) is 3.77. The van der Waals surface area contributed by atoms with Gasteiger partial charge in [0.25, 0.3) is 5.69 Å². The van der Waals surface area contributed by atoms with Crippen molar-refractivity contribution in [1.29, 1.82) is 0 Å². The van der Waals surface area contributed by atoms with Crippen LogP contribution in [-0.2, 0) is 23.8 Å². The van der Waals surface area contributed by atoms with Crippen molar-refractivity contribution in [3.8, 4) is 0 Å². The minimum Gasteiger partial charge on any atom is -0.464 e. The predicted molar refractivity (Wildman–Crippen MR) is 134 cm³/mol. The van der Waals surface area contributed by atoms with Gasteiger partial charge in [0.05, 0.1) is 23.6 Å². The highest BCUT2D eigenvalue weighted by Gasteiger charge is 2.62. The van der Waals surface area contributed by atoms with Crippen LogP contribution in [0, 0.1) is 10.1 Å². The van der Waals surface area contributed by atoms with Gasteiger partial charge in [0, 0.05) is 22.5 Å². The monoisotopic (exact) mass is 617 g/mol. The standard InChI is InChI=1S/C23H28IN3O9/c1-5-34-20(30)23(11-17(23)24)25-18(28)16-10-15(12-26(16)21(31)36-22(2,3)4)35-19(29)13-6-8-14(9-7-13)27(32)33/h6-9,15-17H,5,10-12H2,1-4H3,(H,25,28)/t15-,16-,17+,23+/m0/s1. The Hall–Kier alpha value is -2.97. The molecule has 1 aliphatic carbocycles. The van der Waals surface area contributed by atoms with E-state index >= 15 is 0 Å². The molecule has 1 aromatic carbocycles. The average molecular weight is 617 g/mol. The van der Waals surface area contributed by atoms with Gasteiger partial charge in [0.1, 0.15) is 17.7 Å². The Morgan fingerprint density at radius 3 is 2.33 bits per heavy atom. The van der Waals surface area contributed by atoms with Crippen LogP contribution in [-0.4, -0.2) is 74.1 Å². The smallest absolute Gasteiger partial charge is 0.411 e. The highest BCUT2D eigenvalue weighted by atomic mass is 127. The maximum absolute atomic E-state index is 13.3. The fraction of sp³-hybridized carbons (Fsp3) is 0.565. The highest BCUT2D eigenvalue weighted by molar-refractivity contribution is 14.1. The van der Waals surface area contributed by atoms with E-state index in [1.54, 1.807) is 27.7 Å². The minimum absolute atomic E-state index is 0.0192. The first-order valence-corrected chi connectivity index (χ1v) is 12.6. The molecule has 1 aromatic rings. The molecule has 2 aliphatic rings. The number of alkyl halides is 1. The number of nitrogens with one attached hydrogen (secondary N) is 1. The third-order valence-electron chi connectivity index (χ3n) is 5.64. The number of amides is 2. The summed E-state index contributed by atoms with van der Waals surface area (Å²) >= 11 is 2.06. The molecule has 0 radical (unpaired) electrons. The fourth-order valence-corrected chi connectivity index (χ4v) is 4.88. The van der Waals surface area contributed by atoms with Crippen LogP contribution in [0.2, 0.25) is 0 Å². The largest absolute Gasteiger partial charge is 0.464 e. The summed E-state index contributed by atoms with van der Waals surface area (Å²) in [6, 6.07) is 3.84. The number of carbonyl (C=O) groups is 4. The zero-order valence-electron chi connectivity index (χ0n) is 20.3. The second-order valence-corrected chi connectivity index (χ2v) is 11.1. The first kappa shape index (κ1) is 27.6. The molecule has 12 nitrogen and oxygen atoms in total. The number of esters is 2. The number of ether oxygens (including phenoxy) is 3. The number of benzene rings is 1. The van der Waals surface area contributed by atoms with Crippen LogP contribution in [0.1, 0.15) is 50.9 Å². The Labute approximate surface area is 221 Å². The number of hydrogen-bond acceptors (Lipinski definition) is 9. The second kappa shape index (κ2) is 10.6. The molecule has 2 amide bonds. The molecule has 0 aromatic heterocycles. The number of halogens is 1. The molecular weight excluding hydrogens is 589 g/mol. The molecule has 1 saturated carbocycles. The van der Waals surface area contributed by atoms with E-state index in [1.165, 1.54) is 29.2 Å².